The van der Waals surface area contributed by atoms with E-state index in [1.165, 1.54) is 16.7 Å². The third kappa shape index (κ3) is 4.88. The van der Waals surface area contributed by atoms with Gasteiger partial charge in [-0.25, -0.2) is 0 Å². The van der Waals surface area contributed by atoms with Crippen molar-refractivity contribution in [1.29, 1.82) is 0 Å². The Kier molecular flexibility index (Phi) is 5.86. The van der Waals surface area contributed by atoms with Gasteiger partial charge in [-0.15, -0.1) is 0 Å². The monoisotopic (exact) mass is 248 g/mol. The number of carbonyl (C=O) groups is 1. The summed E-state index contributed by atoms with van der Waals surface area (Å²) >= 11 is 0. The van der Waals surface area contributed by atoms with Crippen LogP contribution in [0.1, 0.15) is 30.0 Å². The molecule has 3 heteroatoms. The van der Waals surface area contributed by atoms with E-state index >= 15 is 0 Å². The molecule has 1 atom stereocenters. The summed E-state index contributed by atoms with van der Waals surface area (Å²) in [6.07, 6.45) is 1.35. The van der Waals surface area contributed by atoms with Crippen LogP contribution in [0, 0.1) is 19.8 Å². The van der Waals surface area contributed by atoms with Crippen molar-refractivity contribution in [2.45, 2.75) is 33.6 Å². The predicted molar refractivity (Wildman–Crippen MR) is 75.5 cm³/mol. The van der Waals surface area contributed by atoms with Gasteiger partial charge in [0, 0.05) is 13.0 Å². The predicted octanol–water partition coefficient (Wildman–Crippen LogP) is 1.95. The lowest BCUT2D eigenvalue weighted by molar-refractivity contribution is -0.121. The third-order valence-corrected chi connectivity index (χ3v) is 3.18. The Morgan fingerprint density at radius 1 is 1.39 bits per heavy atom. The highest BCUT2D eigenvalue weighted by atomic mass is 16.1. The first-order valence-electron chi connectivity index (χ1n) is 6.55. The van der Waals surface area contributed by atoms with Crippen LogP contribution >= 0.6 is 0 Å². The molecule has 3 N–H and O–H groups in total. The van der Waals surface area contributed by atoms with Gasteiger partial charge in [0.2, 0.25) is 5.91 Å². The molecule has 1 aromatic rings. The van der Waals surface area contributed by atoms with Gasteiger partial charge in [0.1, 0.15) is 0 Å². The van der Waals surface area contributed by atoms with Gasteiger partial charge in [0.05, 0.1) is 0 Å². The van der Waals surface area contributed by atoms with Crippen molar-refractivity contribution in [1.82, 2.24) is 5.32 Å². The van der Waals surface area contributed by atoms with Crippen LogP contribution in [0.15, 0.2) is 18.2 Å². The van der Waals surface area contributed by atoms with Crippen LogP contribution in [0.4, 0.5) is 0 Å². The number of benzene rings is 1. The first-order valence-corrected chi connectivity index (χ1v) is 6.55. The average Bonchev–Trinajstić information content (AvgIpc) is 2.36. The summed E-state index contributed by atoms with van der Waals surface area (Å²) in [6.45, 7) is 7.47. The standard InChI is InChI=1S/C15H24N2O/c1-11-4-5-13(3)14(8-11)6-7-15(18)17-10-12(2)9-16/h4-5,8,12H,6-7,9-10,16H2,1-3H3,(H,17,18). The number of hydrogen-bond acceptors (Lipinski definition) is 2. The van der Waals surface area contributed by atoms with Gasteiger partial charge in [-0.2, -0.15) is 0 Å². The maximum absolute atomic E-state index is 11.7. The maximum Gasteiger partial charge on any atom is 0.220 e. The van der Waals surface area contributed by atoms with Crippen molar-refractivity contribution >= 4 is 5.91 Å². The molecule has 1 rings (SSSR count). The SMILES string of the molecule is Cc1ccc(C)c(CCC(=O)NCC(C)CN)c1. The summed E-state index contributed by atoms with van der Waals surface area (Å²) in [4.78, 5) is 11.7. The lowest BCUT2D eigenvalue weighted by Gasteiger charge is -2.11. The molecule has 0 aromatic heterocycles. The Balaban J connectivity index is 2.40. The van der Waals surface area contributed by atoms with E-state index in [-0.39, 0.29) is 5.91 Å². The molecule has 0 aliphatic rings. The molecule has 0 spiro atoms. The summed E-state index contributed by atoms with van der Waals surface area (Å²) in [5.41, 5.74) is 9.27. The summed E-state index contributed by atoms with van der Waals surface area (Å²) in [5, 5.41) is 2.92. The van der Waals surface area contributed by atoms with Gasteiger partial charge in [-0.3, -0.25) is 4.79 Å². The molecule has 0 aliphatic carbocycles. The number of nitrogens with two attached hydrogens (primary N) is 1. The summed E-state index contributed by atoms with van der Waals surface area (Å²) < 4.78 is 0. The second-order valence-electron chi connectivity index (χ2n) is 5.07. The molecular weight excluding hydrogens is 224 g/mol. The summed E-state index contributed by atoms with van der Waals surface area (Å²) in [7, 11) is 0. The highest BCUT2D eigenvalue weighted by Crippen LogP contribution is 2.12. The average molecular weight is 248 g/mol. The quantitative estimate of drug-likeness (QED) is 0.808. The first kappa shape index (κ1) is 14.7. The van der Waals surface area contributed by atoms with E-state index < -0.39 is 0 Å². The van der Waals surface area contributed by atoms with Crippen molar-refractivity contribution in [2.75, 3.05) is 13.1 Å². The molecule has 0 fully saturated rings. The molecule has 0 aliphatic heterocycles. The fraction of sp³-hybridized carbons (Fsp3) is 0.533. The fourth-order valence-electron chi connectivity index (χ4n) is 1.78. The molecular formula is C15H24N2O. The Labute approximate surface area is 110 Å². The molecule has 1 amide bonds. The molecule has 0 radical (unpaired) electrons. The largest absolute Gasteiger partial charge is 0.356 e. The first-order chi connectivity index (χ1) is 8.52. The number of hydrogen-bond donors (Lipinski definition) is 2. The minimum atomic E-state index is 0.108. The number of carbonyl (C=O) groups excluding carboxylic acids is 1. The number of amides is 1. The number of aryl methyl sites for hydroxylation is 3. The van der Waals surface area contributed by atoms with Crippen LogP contribution in [0.2, 0.25) is 0 Å². The number of nitrogens with one attached hydrogen (secondary N) is 1. The van der Waals surface area contributed by atoms with E-state index in [2.05, 4.69) is 37.4 Å². The molecule has 0 heterocycles. The zero-order valence-corrected chi connectivity index (χ0v) is 11.6. The van der Waals surface area contributed by atoms with Crippen molar-refractivity contribution in [3.05, 3.63) is 34.9 Å². The molecule has 0 saturated carbocycles. The molecule has 18 heavy (non-hydrogen) atoms. The normalized spacial score (nSPS) is 12.2. The van der Waals surface area contributed by atoms with Gasteiger partial charge >= 0.3 is 0 Å². The second-order valence-corrected chi connectivity index (χ2v) is 5.07. The molecule has 1 unspecified atom stereocenters. The lowest BCUT2D eigenvalue weighted by atomic mass is 10.0. The van der Waals surface area contributed by atoms with Gasteiger partial charge < -0.3 is 11.1 Å². The highest BCUT2D eigenvalue weighted by Gasteiger charge is 2.06. The van der Waals surface area contributed by atoms with Gasteiger partial charge in [-0.05, 0) is 43.9 Å². The van der Waals surface area contributed by atoms with Crippen molar-refractivity contribution in [3.8, 4) is 0 Å². The van der Waals surface area contributed by atoms with E-state index in [1.807, 2.05) is 6.92 Å². The van der Waals surface area contributed by atoms with Crippen molar-refractivity contribution in [3.63, 3.8) is 0 Å². The van der Waals surface area contributed by atoms with Gasteiger partial charge in [0.15, 0.2) is 0 Å². The summed E-state index contributed by atoms with van der Waals surface area (Å²) in [5.74, 6) is 0.450. The van der Waals surface area contributed by atoms with E-state index in [1.54, 1.807) is 0 Å². The van der Waals surface area contributed by atoms with Gasteiger partial charge in [0.25, 0.3) is 0 Å². The Hall–Kier alpha value is -1.35. The maximum atomic E-state index is 11.7. The molecule has 100 valence electrons. The number of rotatable bonds is 6. The van der Waals surface area contributed by atoms with Crippen LogP contribution < -0.4 is 11.1 Å². The van der Waals surface area contributed by atoms with E-state index in [0.717, 1.165) is 6.42 Å². The van der Waals surface area contributed by atoms with Crippen LogP contribution in [-0.4, -0.2) is 19.0 Å². The topological polar surface area (TPSA) is 55.1 Å². The second kappa shape index (κ2) is 7.17. The Morgan fingerprint density at radius 2 is 2.11 bits per heavy atom. The van der Waals surface area contributed by atoms with E-state index in [4.69, 9.17) is 5.73 Å². The van der Waals surface area contributed by atoms with Crippen LogP contribution in [0.25, 0.3) is 0 Å². The Morgan fingerprint density at radius 3 is 2.78 bits per heavy atom. The smallest absolute Gasteiger partial charge is 0.220 e. The third-order valence-electron chi connectivity index (χ3n) is 3.18. The van der Waals surface area contributed by atoms with Gasteiger partial charge in [-0.1, -0.05) is 30.7 Å². The van der Waals surface area contributed by atoms with E-state index in [9.17, 15) is 4.79 Å². The van der Waals surface area contributed by atoms with Crippen molar-refractivity contribution < 1.29 is 4.79 Å². The Bertz CT molecular complexity index is 401. The minimum Gasteiger partial charge on any atom is -0.356 e. The molecule has 3 nitrogen and oxygen atoms in total. The zero-order valence-electron chi connectivity index (χ0n) is 11.6. The van der Waals surface area contributed by atoms with Crippen LogP contribution in [0.5, 0.6) is 0 Å². The molecule has 0 saturated heterocycles. The van der Waals surface area contributed by atoms with Crippen LogP contribution in [-0.2, 0) is 11.2 Å². The zero-order chi connectivity index (χ0) is 13.5. The fourth-order valence-corrected chi connectivity index (χ4v) is 1.78. The minimum absolute atomic E-state index is 0.108. The lowest BCUT2D eigenvalue weighted by Crippen LogP contribution is -2.31. The van der Waals surface area contributed by atoms with E-state index in [0.29, 0.717) is 25.4 Å². The summed E-state index contributed by atoms with van der Waals surface area (Å²) in [6, 6.07) is 6.37. The van der Waals surface area contributed by atoms with Crippen molar-refractivity contribution in [2.24, 2.45) is 11.7 Å². The van der Waals surface area contributed by atoms with Crippen LogP contribution in [0.3, 0.4) is 0 Å². The highest BCUT2D eigenvalue weighted by molar-refractivity contribution is 5.76. The molecule has 1 aromatic carbocycles. The molecule has 0 bridgehead atoms.